The van der Waals surface area contributed by atoms with Crippen LogP contribution in [0.25, 0.3) is 0 Å². The highest BCUT2D eigenvalue weighted by Gasteiger charge is 2.30. The first-order chi connectivity index (χ1) is 8.72. The minimum atomic E-state index is -0.121. The van der Waals surface area contributed by atoms with E-state index in [1.165, 1.54) is 0 Å². The van der Waals surface area contributed by atoms with Gasteiger partial charge in [0.1, 0.15) is 23.3 Å². The quantitative estimate of drug-likeness (QED) is 0.901. The van der Waals surface area contributed by atoms with Crippen LogP contribution < -0.4 is 5.73 Å². The normalized spacial score (nSPS) is 19.8. The lowest BCUT2D eigenvalue weighted by Crippen LogP contribution is -2.22. The monoisotopic (exact) mass is 246 g/mol. The van der Waals surface area contributed by atoms with Gasteiger partial charge in [0, 0.05) is 6.08 Å². The van der Waals surface area contributed by atoms with Gasteiger partial charge >= 0.3 is 0 Å². The van der Waals surface area contributed by atoms with Crippen molar-refractivity contribution in [1.29, 1.82) is 0 Å². The maximum Gasteiger partial charge on any atom is 0.207 e. The molecule has 2 N–H and O–H groups in total. The molecule has 3 heterocycles. The Bertz CT molecular complexity index is 557. The molecule has 0 spiro atoms. The van der Waals surface area contributed by atoms with E-state index in [0.717, 1.165) is 17.3 Å². The van der Waals surface area contributed by atoms with Gasteiger partial charge in [-0.1, -0.05) is 0 Å². The molecule has 0 bridgehead atoms. The molecule has 3 rings (SSSR count). The Morgan fingerprint density at radius 2 is 2.22 bits per heavy atom. The Kier molecular flexibility index (Phi) is 2.60. The van der Waals surface area contributed by atoms with Gasteiger partial charge in [0.15, 0.2) is 0 Å². The van der Waals surface area contributed by atoms with Crippen LogP contribution in [-0.2, 0) is 11.4 Å². The molecule has 2 aromatic heterocycles. The highest BCUT2D eigenvalue weighted by Crippen LogP contribution is 2.32. The van der Waals surface area contributed by atoms with Crippen molar-refractivity contribution in [3.8, 4) is 0 Å². The summed E-state index contributed by atoms with van der Waals surface area (Å²) in [7, 11) is 0. The molecule has 0 aliphatic carbocycles. The zero-order valence-electron chi connectivity index (χ0n) is 10.00. The molecule has 0 fully saturated rings. The molecule has 0 amide bonds. The van der Waals surface area contributed by atoms with Crippen LogP contribution in [0, 0.1) is 6.92 Å². The van der Waals surface area contributed by atoms with Crippen LogP contribution in [0.4, 0.5) is 0 Å². The Balaban J connectivity index is 1.82. The summed E-state index contributed by atoms with van der Waals surface area (Å²) in [5.74, 6) is 2.85. The van der Waals surface area contributed by atoms with Crippen LogP contribution in [0.2, 0.25) is 0 Å². The Morgan fingerprint density at radius 3 is 2.89 bits per heavy atom. The van der Waals surface area contributed by atoms with Gasteiger partial charge in [-0.15, -0.1) is 5.06 Å². The third kappa shape index (κ3) is 2.00. The molecule has 94 valence electrons. The van der Waals surface area contributed by atoms with Crippen molar-refractivity contribution in [2.75, 3.05) is 0 Å². The lowest BCUT2D eigenvalue weighted by Gasteiger charge is -2.19. The second-order valence-electron chi connectivity index (χ2n) is 4.21. The van der Waals surface area contributed by atoms with E-state index < -0.39 is 0 Å². The largest absolute Gasteiger partial charge is 0.468 e. The van der Waals surface area contributed by atoms with E-state index in [1.54, 1.807) is 11.3 Å². The van der Waals surface area contributed by atoms with Crippen LogP contribution >= 0.6 is 0 Å². The number of aryl methyl sites for hydroxylation is 1. The fraction of sp³-hybridized carbons (Fsp3) is 0.231. The zero-order valence-corrected chi connectivity index (χ0v) is 10.00. The van der Waals surface area contributed by atoms with E-state index in [0.29, 0.717) is 12.4 Å². The highest BCUT2D eigenvalue weighted by molar-refractivity contribution is 5.18. The fourth-order valence-corrected chi connectivity index (χ4v) is 1.98. The Morgan fingerprint density at radius 1 is 1.33 bits per heavy atom. The van der Waals surface area contributed by atoms with Gasteiger partial charge in [-0.2, -0.15) is 0 Å². The number of nitrogens with two attached hydrogens (primary N) is 1. The first-order valence-electron chi connectivity index (χ1n) is 5.73. The molecule has 5 nitrogen and oxygen atoms in total. The number of hydroxylamine groups is 2. The average Bonchev–Trinajstić information content (AvgIpc) is 3.01. The molecule has 1 aliphatic heterocycles. The molecule has 1 unspecified atom stereocenters. The van der Waals surface area contributed by atoms with Crippen LogP contribution in [0.5, 0.6) is 0 Å². The highest BCUT2D eigenvalue weighted by atomic mass is 16.7. The van der Waals surface area contributed by atoms with Gasteiger partial charge < -0.3 is 19.4 Å². The first kappa shape index (κ1) is 11.0. The predicted molar refractivity (Wildman–Crippen MR) is 63.8 cm³/mol. The van der Waals surface area contributed by atoms with Crippen molar-refractivity contribution in [2.45, 2.75) is 19.5 Å². The van der Waals surface area contributed by atoms with Gasteiger partial charge in [0.25, 0.3) is 0 Å². The molecule has 0 radical (unpaired) electrons. The van der Waals surface area contributed by atoms with Crippen LogP contribution in [0.3, 0.4) is 0 Å². The summed E-state index contributed by atoms with van der Waals surface area (Å²) in [4.78, 5) is 5.46. The molecule has 18 heavy (non-hydrogen) atoms. The van der Waals surface area contributed by atoms with Gasteiger partial charge in [-0.05, 0) is 31.2 Å². The maximum atomic E-state index is 5.71. The molecule has 0 aromatic carbocycles. The predicted octanol–water partition coefficient (Wildman–Crippen LogP) is 2.47. The van der Waals surface area contributed by atoms with Crippen LogP contribution in [0.1, 0.15) is 23.3 Å². The second-order valence-corrected chi connectivity index (χ2v) is 4.21. The van der Waals surface area contributed by atoms with Crippen molar-refractivity contribution in [3.63, 3.8) is 0 Å². The van der Waals surface area contributed by atoms with Gasteiger partial charge in [0.05, 0.1) is 12.8 Å². The van der Waals surface area contributed by atoms with Crippen LogP contribution in [0.15, 0.2) is 51.3 Å². The number of rotatable bonds is 3. The summed E-state index contributed by atoms with van der Waals surface area (Å²) in [5.41, 5.74) is 5.71. The molecule has 1 atom stereocenters. The second kappa shape index (κ2) is 4.27. The van der Waals surface area contributed by atoms with Gasteiger partial charge in [0.2, 0.25) is 5.88 Å². The molecular weight excluding hydrogens is 232 g/mol. The maximum absolute atomic E-state index is 5.71. The van der Waals surface area contributed by atoms with E-state index in [4.69, 9.17) is 19.4 Å². The molecule has 0 saturated carbocycles. The smallest absolute Gasteiger partial charge is 0.207 e. The van der Waals surface area contributed by atoms with E-state index in [2.05, 4.69) is 0 Å². The number of nitrogens with zero attached hydrogens (tertiary/aromatic N) is 1. The standard InChI is InChI=1S/C13H14N2O3/c1-9-4-5-12(17-9)11-7-13(14)18-15(11)8-10-3-2-6-16-10/h2-7,11H,8,14H2,1H3. The molecule has 5 heteroatoms. The zero-order chi connectivity index (χ0) is 12.5. The summed E-state index contributed by atoms with van der Waals surface area (Å²) in [6.07, 6.45) is 3.45. The molecule has 2 aromatic rings. The minimum absolute atomic E-state index is 0.121. The number of hydrogen-bond donors (Lipinski definition) is 1. The molecule has 0 saturated heterocycles. The van der Waals surface area contributed by atoms with E-state index >= 15 is 0 Å². The third-order valence-corrected chi connectivity index (χ3v) is 2.80. The molecule has 1 aliphatic rings. The summed E-state index contributed by atoms with van der Waals surface area (Å²) in [6.45, 7) is 2.41. The van der Waals surface area contributed by atoms with Crippen molar-refractivity contribution >= 4 is 0 Å². The number of hydrogen-bond acceptors (Lipinski definition) is 5. The topological polar surface area (TPSA) is 64.8 Å². The van der Waals surface area contributed by atoms with Crippen LogP contribution in [-0.4, -0.2) is 5.06 Å². The first-order valence-corrected chi connectivity index (χ1v) is 5.73. The third-order valence-electron chi connectivity index (χ3n) is 2.80. The van der Waals surface area contributed by atoms with Gasteiger partial charge in [-0.25, -0.2) is 0 Å². The average molecular weight is 246 g/mol. The summed E-state index contributed by atoms with van der Waals surface area (Å²) in [6, 6.07) is 7.45. The summed E-state index contributed by atoms with van der Waals surface area (Å²) in [5, 5.41) is 1.73. The SMILES string of the molecule is Cc1ccc(C2C=C(N)ON2Cc2ccco2)o1. The van der Waals surface area contributed by atoms with Crippen molar-refractivity contribution in [3.05, 3.63) is 59.8 Å². The Hall–Kier alpha value is -2.14. The number of furan rings is 2. The van der Waals surface area contributed by atoms with Crippen molar-refractivity contribution in [1.82, 2.24) is 5.06 Å². The van der Waals surface area contributed by atoms with E-state index in [1.807, 2.05) is 37.3 Å². The summed E-state index contributed by atoms with van der Waals surface area (Å²) >= 11 is 0. The van der Waals surface area contributed by atoms with Crippen molar-refractivity contribution in [2.24, 2.45) is 5.73 Å². The minimum Gasteiger partial charge on any atom is -0.468 e. The lowest BCUT2D eigenvalue weighted by molar-refractivity contribution is -0.134. The molecular formula is C13H14N2O3. The summed E-state index contributed by atoms with van der Waals surface area (Å²) < 4.78 is 10.9. The Labute approximate surface area is 104 Å². The van der Waals surface area contributed by atoms with Crippen molar-refractivity contribution < 1.29 is 13.7 Å². The fourth-order valence-electron chi connectivity index (χ4n) is 1.98. The van der Waals surface area contributed by atoms with Gasteiger partial charge in [-0.3, -0.25) is 0 Å². The lowest BCUT2D eigenvalue weighted by atomic mass is 10.2. The van der Waals surface area contributed by atoms with E-state index in [-0.39, 0.29) is 6.04 Å². The van der Waals surface area contributed by atoms with E-state index in [9.17, 15) is 0 Å².